The van der Waals surface area contributed by atoms with Crippen LogP contribution in [0.1, 0.15) is 0 Å². The van der Waals surface area contributed by atoms with Crippen molar-refractivity contribution < 1.29 is 0 Å². The molecule has 0 amide bonds. The average molecular weight is 648 g/mol. The smallest absolute Gasteiger partial charge is 0.263 e. The van der Waals surface area contributed by atoms with Gasteiger partial charge in [-0.3, -0.25) is 9.20 Å². The van der Waals surface area contributed by atoms with Gasteiger partial charge < -0.3 is 0 Å². The Labute approximate surface area is 293 Å². The summed E-state index contributed by atoms with van der Waals surface area (Å²) in [5.74, 6) is 0. The monoisotopic (exact) mass is 647 g/mol. The molecule has 0 saturated heterocycles. The minimum atomic E-state index is 0.0220. The van der Waals surface area contributed by atoms with Crippen LogP contribution in [0.4, 0.5) is 0 Å². The van der Waals surface area contributed by atoms with Gasteiger partial charge in [0.2, 0.25) is 0 Å². The molecule has 11 rings (SSSR count). The fourth-order valence-corrected chi connectivity index (χ4v) is 8.53. The lowest BCUT2D eigenvalue weighted by atomic mass is 9.91. The summed E-state index contributed by atoms with van der Waals surface area (Å²) >= 11 is 0. The molecule has 0 aliphatic heterocycles. The summed E-state index contributed by atoms with van der Waals surface area (Å²) < 4.78 is 1.94. The van der Waals surface area contributed by atoms with E-state index in [-0.39, 0.29) is 5.56 Å². The molecule has 2 aromatic heterocycles. The molecule has 0 saturated carbocycles. The van der Waals surface area contributed by atoms with Crippen LogP contribution in [0, 0.1) is 0 Å². The van der Waals surface area contributed by atoms with Gasteiger partial charge in [0.15, 0.2) is 0 Å². The highest BCUT2D eigenvalue weighted by Gasteiger charge is 2.20. The zero-order valence-corrected chi connectivity index (χ0v) is 27.6. The molecule has 51 heavy (non-hydrogen) atoms. The highest BCUT2D eigenvalue weighted by Crippen LogP contribution is 2.41. The van der Waals surface area contributed by atoms with Crippen molar-refractivity contribution in [2.24, 2.45) is 0 Å². The van der Waals surface area contributed by atoms with Crippen molar-refractivity contribution in [2.45, 2.75) is 0 Å². The van der Waals surface area contributed by atoms with E-state index in [1.807, 2.05) is 22.6 Å². The Morgan fingerprint density at radius 3 is 1.37 bits per heavy atom. The maximum Gasteiger partial charge on any atom is 0.263 e. The van der Waals surface area contributed by atoms with E-state index in [0.29, 0.717) is 0 Å². The van der Waals surface area contributed by atoms with Gasteiger partial charge in [-0.25, -0.2) is 0 Å². The Morgan fingerprint density at radius 2 is 0.706 bits per heavy atom. The van der Waals surface area contributed by atoms with Crippen LogP contribution in [0.15, 0.2) is 181 Å². The van der Waals surface area contributed by atoms with Gasteiger partial charge in [0.1, 0.15) is 0 Å². The van der Waals surface area contributed by atoms with E-state index < -0.39 is 0 Å². The fraction of sp³-hybridized carbons (Fsp3) is 0. The molecule has 0 spiro atoms. The zero-order valence-electron chi connectivity index (χ0n) is 27.6. The van der Waals surface area contributed by atoms with Gasteiger partial charge in [0, 0.05) is 21.5 Å². The first-order valence-corrected chi connectivity index (χ1v) is 17.5. The van der Waals surface area contributed by atoms with Crippen LogP contribution in [-0.4, -0.2) is 4.40 Å². The number of benzene rings is 9. The summed E-state index contributed by atoms with van der Waals surface area (Å²) in [5.41, 5.74) is 8.86. The second-order valence-electron chi connectivity index (χ2n) is 13.6. The van der Waals surface area contributed by atoms with Crippen LogP contribution in [0.5, 0.6) is 0 Å². The first kappa shape index (κ1) is 28.1. The Hall–Kier alpha value is -6.77. The first-order chi connectivity index (χ1) is 25.2. The van der Waals surface area contributed by atoms with E-state index in [1.165, 1.54) is 43.4 Å². The van der Waals surface area contributed by atoms with Crippen molar-refractivity contribution in [3.63, 3.8) is 0 Å². The second kappa shape index (κ2) is 10.6. The van der Waals surface area contributed by atoms with Crippen LogP contribution >= 0.6 is 0 Å². The van der Waals surface area contributed by atoms with Crippen molar-refractivity contribution in [3.8, 4) is 33.4 Å². The Balaban J connectivity index is 1.19. The molecule has 2 nitrogen and oxygen atoms in total. The molecule has 0 aliphatic carbocycles. The van der Waals surface area contributed by atoms with Gasteiger partial charge >= 0.3 is 0 Å². The van der Waals surface area contributed by atoms with E-state index in [2.05, 4.69) is 158 Å². The number of aromatic nitrogens is 1. The third-order valence-electron chi connectivity index (χ3n) is 10.9. The SMILES string of the molecule is O=c1c2ccccc2c2cc(-c3cccc(-c4ccccc4)c3)cc3c4cc(-c5ccc6c7ccccc7c7ccccc7c6c5)ccc4n1c23. The number of pyridine rings is 1. The van der Waals surface area contributed by atoms with Gasteiger partial charge in [-0.2, -0.15) is 0 Å². The van der Waals surface area contributed by atoms with E-state index >= 15 is 0 Å². The summed E-state index contributed by atoms with van der Waals surface area (Å²) in [6.07, 6.45) is 0. The van der Waals surface area contributed by atoms with Crippen molar-refractivity contribution >= 4 is 70.3 Å². The molecule has 0 radical (unpaired) electrons. The maximum absolute atomic E-state index is 14.2. The highest BCUT2D eigenvalue weighted by atomic mass is 16.1. The van der Waals surface area contributed by atoms with E-state index in [1.54, 1.807) is 0 Å². The lowest BCUT2D eigenvalue weighted by Crippen LogP contribution is -2.12. The zero-order chi connectivity index (χ0) is 33.6. The quantitative estimate of drug-likeness (QED) is 0.175. The molecule has 0 bridgehead atoms. The lowest BCUT2D eigenvalue weighted by Gasteiger charge is -2.12. The molecule has 2 heteroatoms. The van der Waals surface area contributed by atoms with Gasteiger partial charge in [-0.1, -0.05) is 133 Å². The average Bonchev–Trinajstić information content (AvgIpc) is 3.54. The first-order valence-electron chi connectivity index (χ1n) is 17.5. The third-order valence-corrected chi connectivity index (χ3v) is 10.9. The molecule has 11 aromatic rings. The molecule has 2 heterocycles. The number of hydrogen-bond acceptors (Lipinski definition) is 1. The predicted molar refractivity (Wildman–Crippen MR) is 216 cm³/mol. The normalized spacial score (nSPS) is 12.0. The third kappa shape index (κ3) is 4.08. The van der Waals surface area contributed by atoms with E-state index in [9.17, 15) is 4.79 Å². The molecule has 9 aromatic carbocycles. The van der Waals surface area contributed by atoms with Gasteiger partial charge in [0.05, 0.1) is 11.0 Å². The van der Waals surface area contributed by atoms with Crippen molar-refractivity contribution in [2.75, 3.05) is 0 Å². The standard InChI is InChI=1S/C49H29NO/c51-49-42-20-9-8-19-40(42)45-28-35(32-14-10-13-31(25-32)30-11-2-1-3-12-30)29-46-44-27-34(22-24-47(44)50(49)48(45)46)33-21-23-41-38-17-5-4-15-36(38)37-16-6-7-18-39(37)43(41)26-33/h1-29H. The summed E-state index contributed by atoms with van der Waals surface area (Å²) in [7, 11) is 0. The number of rotatable bonds is 3. The molecule has 0 aliphatic rings. The Kier molecular flexibility index (Phi) is 5.85. The minimum absolute atomic E-state index is 0.0220. The molecular weight excluding hydrogens is 619 g/mol. The molecule has 236 valence electrons. The van der Waals surface area contributed by atoms with Crippen LogP contribution in [0.2, 0.25) is 0 Å². The molecule has 0 fully saturated rings. The van der Waals surface area contributed by atoms with E-state index in [0.717, 1.165) is 60.2 Å². The van der Waals surface area contributed by atoms with Crippen molar-refractivity contribution in [3.05, 3.63) is 186 Å². The molecule has 0 unspecified atom stereocenters. The maximum atomic E-state index is 14.2. The number of nitrogens with zero attached hydrogens (tertiary/aromatic N) is 1. The lowest BCUT2D eigenvalue weighted by molar-refractivity contribution is 1.21. The van der Waals surface area contributed by atoms with E-state index in [4.69, 9.17) is 0 Å². The highest BCUT2D eigenvalue weighted by molar-refractivity contribution is 6.26. The van der Waals surface area contributed by atoms with Gasteiger partial charge in [-0.15, -0.1) is 0 Å². The Bertz CT molecular complexity index is 3230. The molecule has 0 atom stereocenters. The Morgan fingerprint density at radius 1 is 0.275 bits per heavy atom. The van der Waals surface area contributed by atoms with Crippen molar-refractivity contribution in [1.82, 2.24) is 4.40 Å². The van der Waals surface area contributed by atoms with Crippen LogP contribution in [0.25, 0.3) is 104 Å². The van der Waals surface area contributed by atoms with Crippen molar-refractivity contribution in [1.29, 1.82) is 0 Å². The predicted octanol–water partition coefficient (Wildman–Crippen LogP) is 12.7. The minimum Gasteiger partial charge on any atom is -0.275 e. The van der Waals surface area contributed by atoms with Crippen LogP contribution < -0.4 is 5.56 Å². The summed E-state index contributed by atoms with van der Waals surface area (Å²) in [6.45, 7) is 0. The second-order valence-corrected chi connectivity index (χ2v) is 13.6. The van der Waals surface area contributed by atoms with Gasteiger partial charge in [-0.05, 0) is 114 Å². The van der Waals surface area contributed by atoms with Gasteiger partial charge in [0.25, 0.3) is 5.56 Å². The number of fused-ring (bicyclic) bond motifs is 11. The summed E-state index contributed by atoms with van der Waals surface area (Å²) in [6, 6.07) is 62.8. The topological polar surface area (TPSA) is 21.5 Å². The fourth-order valence-electron chi connectivity index (χ4n) is 8.53. The summed E-state index contributed by atoms with van der Waals surface area (Å²) in [4.78, 5) is 14.2. The molecular formula is C49H29NO. The molecule has 0 N–H and O–H groups in total. The largest absolute Gasteiger partial charge is 0.275 e. The van der Waals surface area contributed by atoms with Crippen LogP contribution in [0.3, 0.4) is 0 Å². The van der Waals surface area contributed by atoms with Crippen LogP contribution in [-0.2, 0) is 0 Å². The summed E-state index contributed by atoms with van der Waals surface area (Å²) in [5, 5.41) is 12.5. The number of hydrogen-bond donors (Lipinski definition) is 0.